The first-order valence-corrected chi connectivity index (χ1v) is 12.8. The molecule has 0 aliphatic carbocycles. The van der Waals surface area contributed by atoms with Crippen molar-refractivity contribution in [2.75, 3.05) is 32.7 Å². The monoisotopic (exact) mass is 614 g/mol. The minimum absolute atomic E-state index is 0. The molecule has 5 nitrogen and oxygen atoms in total. The van der Waals surface area contributed by atoms with Crippen molar-refractivity contribution < 1.29 is 15.3 Å². The molecule has 3 N–H and O–H groups in total. The minimum atomic E-state index is -0.0427. The van der Waals surface area contributed by atoms with Crippen LogP contribution in [0.4, 0.5) is 0 Å². The van der Waals surface area contributed by atoms with Gasteiger partial charge in [0.2, 0.25) is 0 Å². The predicted octanol–water partition coefficient (Wildman–Crippen LogP) is 6.48. The van der Waals surface area contributed by atoms with Gasteiger partial charge in [-0.15, -0.1) is 34.0 Å². The quantitative estimate of drug-likeness (QED) is 0.168. The molecule has 198 valence electrons. The molecule has 1 fully saturated rings. The first-order valence-electron chi connectivity index (χ1n) is 12.8. The van der Waals surface area contributed by atoms with E-state index in [0.29, 0.717) is 11.8 Å². The summed E-state index contributed by atoms with van der Waals surface area (Å²) in [5.41, 5.74) is 2.31. The number of likely N-dealkylation sites (tertiary alicyclic amines) is 1. The molecule has 1 aliphatic heterocycles. The van der Waals surface area contributed by atoms with Gasteiger partial charge in [-0.2, -0.15) is 0 Å². The van der Waals surface area contributed by atoms with Gasteiger partial charge in [-0.25, -0.2) is 0 Å². The van der Waals surface area contributed by atoms with Gasteiger partial charge in [0, 0.05) is 12.6 Å². The van der Waals surface area contributed by atoms with Gasteiger partial charge in [-0.3, -0.25) is 0 Å². The molecule has 1 atom stereocenters. The summed E-state index contributed by atoms with van der Waals surface area (Å²) >= 11 is 0. The van der Waals surface area contributed by atoms with E-state index in [1.54, 1.807) is 18.2 Å². The van der Waals surface area contributed by atoms with Crippen LogP contribution in [0.3, 0.4) is 0 Å². The Morgan fingerprint density at radius 3 is 2.40 bits per heavy atom. The fraction of sp³-hybridized carbons (Fsp3) is 0.571. The molecular formula is C28H44Br2N2O3. The highest BCUT2D eigenvalue weighted by Crippen LogP contribution is 2.28. The molecule has 1 aliphatic rings. The number of phenols is 3. The maximum Gasteiger partial charge on any atom is 0.157 e. The van der Waals surface area contributed by atoms with Crippen LogP contribution in [0.5, 0.6) is 17.2 Å². The molecular weight excluding hydrogens is 572 g/mol. The summed E-state index contributed by atoms with van der Waals surface area (Å²) in [5.74, 6) is 0.297. The minimum Gasteiger partial charge on any atom is -0.508 e. The Kier molecular flexibility index (Phi) is 15.6. The summed E-state index contributed by atoms with van der Waals surface area (Å²) in [6, 6.07) is 13.4. The third kappa shape index (κ3) is 11.1. The average molecular weight is 616 g/mol. The number of benzene rings is 2. The number of hydrogen-bond donors (Lipinski definition) is 3. The summed E-state index contributed by atoms with van der Waals surface area (Å²) in [6.07, 6.45) is 10.6. The van der Waals surface area contributed by atoms with Gasteiger partial charge in [0.1, 0.15) is 5.75 Å². The van der Waals surface area contributed by atoms with Crippen LogP contribution in [-0.2, 0) is 12.8 Å². The second-order valence-corrected chi connectivity index (χ2v) is 9.53. The number of nitrogens with zero attached hydrogens (tertiary/aromatic N) is 2. The van der Waals surface area contributed by atoms with Gasteiger partial charge < -0.3 is 25.1 Å². The largest absolute Gasteiger partial charge is 0.508 e. The summed E-state index contributed by atoms with van der Waals surface area (Å²) < 4.78 is 0. The van der Waals surface area contributed by atoms with E-state index in [2.05, 4.69) is 22.8 Å². The van der Waals surface area contributed by atoms with E-state index in [4.69, 9.17) is 0 Å². The van der Waals surface area contributed by atoms with Crippen LogP contribution in [0.2, 0.25) is 0 Å². The lowest BCUT2D eigenvalue weighted by Crippen LogP contribution is -2.32. The number of rotatable bonds is 14. The smallest absolute Gasteiger partial charge is 0.157 e. The third-order valence-corrected chi connectivity index (χ3v) is 6.85. The maximum absolute atomic E-state index is 9.76. The van der Waals surface area contributed by atoms with Gasteiger partial charge in [0.15, 0.2) is 11.5 Å². The Bertz CT molecular complexity index is 853. The van der Waals surface area contributed by atoms with Gasteiger partial charge in [-0.05, 0) is 107 Å². The lowest BCUT2D eigenvalue weighted by atomic mass is 10.0. The second-order valence-electron chi connectivity index (χ2n) is 9.53. The van der Waals surface area contributed by atoms with Crippen molar-refractivity contribution >= 4 is 34.0 Å². The standard InChI is InChI=1S/C28H42N2O3.2BrH/c1-2-15-29(19-14-23-9-7-11-26(31)21-23)16-5-3-4-6-17-30-18-8-10-25(30)20-24-12-13-27(32)28(33)22-24;;/h7,9,11-13,21-22,25,31-33H,2-6,8,10,14-20H2,1H3;2*1H/t25-;;/m1../s1. The van der Waals surface area contributed by atoms with Crippen LogP contribution in [0, 0.1) is 0 Å². The summed E-state index contributed by atoms with van der Waals surface area (Å²) in [7, 11) is 0. The SMILES string of the molecule is Br.Br.CCCN(CCCCCCN1CCC[C@@H]1Cc1ccc(O)c(O)c1)CCc1cccc(O)c1. The third-order valence-electron chi connectivity index (χ3n) is 6.85. The van der Waals surface area contributed by atoms with Crippen LogP contribution in [0.15, 0.2) is 42.5 Å². The van der Waals surface area contributed by atoms with Crippen LogP contribution < -0.4 is 0 Å². The van der Waals surface area contributed by atoms with E-state index >= 15 is 0 Å². The number of unbranched alkanes of at least 4 members (excludes halogenated alkanes) is 3. The Hall–Kier alpha value is -1.28. The second kappa shape index (κ2) is 17.2. The highest BCUT2D eigenvalue weighted by molar-refractivity contribution is 8.93. The Labute approximate surface area is 232 Å². The van der Waals surface area contributed by atoms with Crippen molar-refractivity contribution in [2.45, 2.75) is 70.8 Å². The zero-order valence-electron chi connectivity index (χ0n) is 21.1. The zero-order chi connectivity index (χ0) is 23.5. The molecule has 0 unspecified atom stereocenters. The van der Waals surface area contributed by atoms with Crippen molar-refractivity contribution in [3.05, 3.63) is 53.6 Å². The summed E-state index contributed by atoms with van der Waals surface area (Å²) in [5, 5.41) is 28.9. The normalized spacial score (nSPS) is 15.7. The molecule has 0 spiro atoms. The van der Waals surface area contributed by atoms with Crippen molar-refractivity contribution in [3.8, 4) is 17.2 Å². The number of aromatic hydroxyl groups is 3. The molecule has 2 aromatic rings. The van der Waals surface area contributed by atoms with Crippen LogP contribution in [-0.4, -0.2) is 63.9 Å². The Morgan fingerprint density at radius 1 is 0.857 bits per heavy atom. The molecule has 2 aromatic carbocycles. The van der Waals surface area contributed by atoms with Crippen molar-refractivity contribution in [3.63, 3.8) is 0 Å². The number of hydrogen-bond acceptors (Lipinski definition) is 5. The molecule has 0 radical (unpaired) electrons. The zero-order valence-corrected chi connectivity index (χ0v) is 24.5. The van der Waals surface area contributed by atoms with Crippen LogP contribution >= 0.6 is 34.0 Å². The predicted molar refractivity (Wildman–Crippen MR) is 156 cm³/mol. The fourth-order valence-corrected chi connectivity index (χ4v) is 5.04. The van der Waals surface area contributed by atoms with Gasteiger partial charge in [0.05, 0.1) is 0 Å². The Morgan fingerprint density at radius 2 is 1.66 bits per heavy atom. The van der Waals surface area contributed by atoms with E-state index in [9.17, 15) is 15.3 Å². The Balaban J connectivity index is 0.00000306. The molecule has 0 aromatic heterocycles. The molecule has 0 saturated carbocycles. The lowest BCUT2D eigenvalue weighted by molar-refractivity contribution is 0.242. The van der Waals surface area contributed by atoms with Crippen molar-refractivity contribution in [2.24, 2.45) is 0 Å². The average Bonchev–Trinajstić information content (AvgIpc) is 3.23. The van der Waals surface area contributed by atoms with Crippen LogP contribution in [0.25, 0.3) is 0 Å². The molecule has 3 rings (SSSR count). The fourth-order valence-electron chi connectivity index (χ4n) is 5.04. The highest BCUT2D eigenvalue weighted by atomic mass is 79.9. The first kappa shape index (κ1) is 31.7. The van der Waals surface area contributed by atoms with Crippen LogP contribution in [0.1, 0.15) is 63.0 Å². The van der Waals surface area contributed by atoms with Gasteiger partial charge in [0.25, 0.3) is 0 Å². The molecule has 7 heteroatoms. The highest BCUT2D eigenvalue weighted by Gasteiger charge is 2.24. The number of phenolic OH excluding ortho intramolecular Hbond substituents is 3. The number of halogens is 2. The molecule has 0 bridgehead atoms. The van der Waals surface area contributed by atoms with Crippen molar-refractivity contribution in [1.29, 1.82) is 0 Å². The maximum atomic E-state index is 9.76. The van der Waals surface area contributed by atoms with E-state index in [-0.39, 0.29) is 45.5 Å². The first-order chi connectivity index (χ1) is 16.0. The van der Waals surface area contributed by atoms with Crippen molar-refractivity contribution in [1.82, 2.24) is 9.80 Å². The summed E-state index contributed by atoms with van der Waals surface area (Å²) in [6.45, 7) is 7.93. The topological polar surface area (TPSA) is 67.2 Å². The molecule has 0 amide bonds. The van der Waals surface area contributed by atoms with Gasteiger partial charge in [-0.1, -0.05) is 38.0 Å². The lowest BCUT2D eigenvalue weighted by Gasteiger charge is -2.25. The molecule has 1 heterocycles. The summed E-state index contributed by atoms with van der Waals surface area (Å²) in [4.78, 5) is 5.18. The van der Waals surface area contributed by atoms with Gasteiger partial charge >= 0.3 is 0 Å². The van der Waals surface area contributed by atoms with E-state index < -0.39 is 0 Å². The van der Waals surface area contributed by atoms with E-state index in [1.165, 1.54) is 57.1 Å². The van der Waals surface area contributed by atoms with E-state index in [0.717, 1.165) is 44.6 Å². The van der Waals surface area contributed by atoms with E-state index in [1.807, 2.05) is 18.2 Å². The molecule has 35 heavy (non-hydrogen) atoms. The molecule has 1 saturated heterocycles.